The monoisotopic (exact) mass is 480 g/mol. The molecule has 6 nitrogen and oxygen atoms in total. The fraction of sp³-hybridized carbons (Fsp3) is 0.588. The van der Waals surface area contributed by atoms with Gasteiger partial charge in [-0.2, -0.15) is 0 Å². The highest BCUT2D eigenvalue weighted by atomic mass is 127. The van der Waals surface area contributed by atoms with E-state index in [1.807, 2.05) is 12.1 Å². The van der Waals surface area contributed by atoms with Crippen LogP contribution < -0.4 is 11.1 Å². The molecule has 3 N–H and O–H groups in total. The smallest absolute Gasteiger partial charge is 0.193 e. The summed E-state index contributed by atoms with van der Waals surface area (Å²) in [4.78, 5) is 6.43. The van der Waals surface area contributed by atoms with E-state index in [9.17, 15) is 8.42 Å². The highest BCUT2D eigenvalue weighted by Crippen LogP contribution is 2.20. The molecular formula is C17H29IN4O2S. The quantitative estimate of drug-likeness (QED) is 0.371. The van der Waals surface area contributed by atoms with E-state index in [1.165, 1.54) is 5.56 Å². The van der Waals surface area contributed by atoms with Crippen LogP contribution in [0.2, 0.25) is 0 Å². The van der Waals surface area contributed by atoms with Crippen LogP contribution in [0.4, 0.5) is 5.69 Å². The zero-order chi connectivity index (χ0) is 17.6. The summed E-state index contributed by atoms with van der Waals surface area (Å²) in [5.74, 6) is 1.43. The van der Waals surface area contributed by atoms with Crippen molar-refractivity contribution >= 4 is 45.5 Å². The van der Waals surface area contributed by atoms with Crippen LogP contribution in [-0.2, 0) is 9.84 Å². The lowest BCUT2D eigenvalue weighted by molar-refractivity contribution is 0.304. The molecule has 0 spiro atoms. The van der Waals surface area contributed by atoms with Gasteiger partial charge in [0.2, 0.25) is 0 Å². The van der Waals surface area contributed by atoms with Crippen LogP contribution >= 0.6 is 24.0 Å². The zero-order valence-corrected chi connectivity index (χ0v) is 18.1. The van der Waals surface area contributed by atoms with Gasteiger partial charge in [-0.1, -0.05) is 26.0 Å². The molecule has 0 radical (unpaired) electrons. The van der Waals surface area contributed by atoms with E-state index in [-0.39, 0.29) is 35.5 Å². The van der Waals surface area contributed by atoms with Gasteiger partial charge in [-0.25, -0.2) is 8.42 Å². The van der Waals surface area contributed by atoms with E-state index < -0.39 is 9.84 Å². The lowest BCUT2D eigenvalue weighted by Crippen LogP contribution is -2.41. The minimum atomic E-state index is -2.82. The van der Waals surface area contributed by atoms with Gasteiger partial charge in [0.15, 0.2) is 15.8 Å². The van der Waals surface area contributed by atoms with Crippen LogP contribution in [0.25, 0.3) is 0 Å². The maximum atomic E-state index is 11.4. The van der Waals surface area contributed by atoms with Crippen molar-refractivity contribution in [1.29, 1.82) is 0 Å². The van der Waals surface area contributed by atoms with E-state index in [0.29, 0.717) is 31.5 Å². The van der Waals surface area contributed by atoms with Crippen molar-refractivity contribution in [3.05, 3.63) is 29.8 Å². The molecule has 0 aromatic heterocycles. The fourth-order valence-corrected chi connectivity index (χ4v) is 3.88. The molecule has 1 heterocycles. The maximum Gasteiger partial charge on any atom is 0.193 e. The Labute approximate surface area is 168 Å². The van der Waals surface area contributed by atoms with E-state index in [2.05, 4.69) is 41.2 Å². The van der Waals surface area contributed by atoms with Gasteiger partial charge in [-0.05, 0) is 30.0 Å². The van der Waals surface area contributed by atoms with E-state index in [4.69, 9.17) is 5.73 Å². The molecule has 1 atom stereocenters. The standard InChI is InChI=1S/C17H28N4O2S.HI/c1-3-14(2)15-4-6-16(7-5-15)20-17(18)19-8-9-21-10-12-24(22,23)13-11-21;/h4-7,14H,3,8-13H2,1-2H3,(H3,18,19,20);1H. The number of hydrogen-bond acceptors (Lipinski definition) is 4. The molecule has 0 saturated carbocycles. The van der Waals surface area contributed by atoms with Gasteiger partial charge in [0, 0.05) is 25.3 Å². The third-order valence-electron chi connectivity index (χ3n) is 4.50. The Morgan fingerprint density at radius 2 is 1.88 bits per heavy atom. The lowest BCUT2D eigenvalue weighted by atomic mass is 9.99. The molecule has 0 bridgehead atoms. The number of halogens is 1. The summed E-state index contributed by atoms with van der Waals surface area (Å²) in [5.41, 5.74) is 8.15. The van der Waals surface area contributed by atoms with Crippen molar-refractivity contribution in [2.75, 3.05) is 43.0 Å². The summed E-state index contributed by atoms with van der Waals surface area (Å²) < 4.78 is 22.8. The Morgan fingerprint density at radius 3 is 2.44 bits per heavy atom. The number of nitrogens with zero attached hydrogens (tertiary/aromatic N) is 2. The molecular weight excluding hydrogens is 451 g/mol. The van der Waals surface area contributed by atoms with Gasteiger partial charge in [0.05, 0.1) is 18.1 Å². The minimum Gasteiger partial charge on any atom is -0.370 e. The minimum absolute atomic E-state index is 0. The molecule has 1 aliphatic heterocycles. The number of nitrogens with one attached hydrogen (secondary N) is 1. The van der Waals surface area contributed by atoms with E-state index in [0.717, 1.165) is 18.7 Å². The Morgan fingerprint density at radius 1 is 1.28 bits per heavy atom. The van der Waals surface area contributed by atoms with Crippen molar-refractivity contribution in [2.45, 2.75) is 26.2 Å². The average Bonchev–Trinajstić information content (AvgIpc) is 2.56. The molecule has 2 rings (SSSR count). The Balaban J connectivity index is 0.00000312. The highest BCUT2D eigenvalue weighted by Gasteiger charge is 2.20. The first kappa shape index (κ1) is 22.2. The number of sulfone groups is 1. The molecule has 1 saturated heterocycles. The van der Waals surface area contributed by atoms with E-state index in [1.54, 1.807) is 0 Å². The van der Waals surface area contributed by atoms with Crippen LogP contribution in [0.15, 0.2) is 29.3 Å². The van der Waals surface area contributed by atoms with Crippen LogP contribution in [-0.4, -0.2) is 57.0 Å². The largest absolute Gasteiger partial charge is 0.370 e. The Kier molecular flexibility index (Phi) is 9.15. The molecule has 1 aromatic carbocycles. The van der Waals surface area contributed by atoms with Crippen molar-refractivity contribution in [3.8, 4) is 0 Å². The summed E-state index contributed by atoms with van der Waals surface area (Å²) in [5, 5.41) is 3.09. The molecule has 1 aromatic rings. The molecule has 1 aliphatic rings. The molecule has 1 fully saturated rings. The third kappa shape index (κ3) is 7.49. The lowest BCUT2D eigenvalue weighted by Gasteiger charge is -2.25. The molecule has 8 heteroatoms. The average molecular weight is 480 g/mol. The summed E-state index contributed by atoms with van der Waals surface area (Å²) in [6.45, 7) is 6.85. The maximum absolute atomic E-state index is 11.4. The van der Waals surface area contributed by atoms with Gasteiger partial charge in [-0.3, -0.25) is 9.89 Å². The second-order valence-electron chi connectivity index (χ2n) is 6.32. The number of guanidine groups is 1. The van der Waals surface area contributed by atoms with Crippen LogP contribution in [0.1, 0.15) is 31.7 Å². The van der Waals surface area contributed by atoms with E-state index >= 15 is 0 Å². The predicted molar refractivity (Wildman–Crippen MR) is 116 cm³/mol. The number of benzene rings is 1. The van der Waals surface area contributed by atoms with Crippen molar-refractivity contribution in [2.24, 2.45) is 10.7 Å². The number of aliphatic imine (C=N–C) groups is 1. The van der Waals surface area contributed by atoms with Crippen LogP contribution in [0, 0.1) is 0 Å². The number of anilines is 1. The zero-order valence-electron chi connectivity index (χ0n) is 14.9. The second kappa shape index (κ2) is 10.3. The molecule has 25 heavy (non-hydrogen) atoms. The normalized spacial score (nSPS) is 19.0. The highest BCUT2D eigenvalue weighted by molar-refractivity contribution is 14.0. The molecule has 142 valence electrons. The van der Waals surface area contributed by atoms with Gasteiger partial charge < -0.3 is 11.1 Å². The van der Waals surface area contributed by atoms with Gasteiger partial charge in [0.1, 0.15) is 0 Å². The molecule has 1 unspecified atom stereocenters. The summed E-state index contributed by atoms with van der Waals surface area (Å²) in [6.07, 6.45) is 1.12. The Bertz CT molecular complexity index is 648. The van der Waals surface area contributed by atoms with Crippen LogP contribution in [0.5, 0.6) is 0 Å². The third-order valence-corrected chi connectivity index (χ3v) is 6.11. The molecule has 0 amide bonds. The summed E-state index contributed by atoms with van der Waals surface area (Å²) in [6, 6.07) is 8.24. The SMILES string of the molecule is CCC(C)c1ccc(NC(N)=NCCN2CCS(=O)(=O)CC2)cc1.I. The Hall–Kier alpha value is -0.870. The second-order valence-corrected chi connectivity index (χ2v) is 8.62. The van der Waals surface area contributed by atoms with Crippen LogP contribution in [0.3, 0.4) is 0 Å². The summed E-state index contributed by atoms with van der Waals surface area (Å²) >= 11 is 0. The summed E-state index contributed by atoms with van der Waals surface area (Å²) in [7, 11) is -2.82. The first-order valence-corrected chi connectivity index (χ1v) is 10.3. The number of nitrogens with two attached hydrogens (primary N) is 1. The van der Waals surface area contributed by atoms with Gasteiger partial charge >= 0.3 is 0 Å². The molecule has 0 aliphatic carbocycles. The van der Waals surface area contributed by atoms with Crippen molar-refractivity contribution < 1.29 is 8.42 Å². The topological polar surface area (TPSA) is 87.8 Å². The first-order chi connectivity index (χ1) is 11.4. The van der Waals surface area contributed by atoms with Crippen molar-refractivity contribution in [3.63, 3.8) is 0 Å². The number of hydrogen-bond donors (Lipinski definition) is 2. The first-order valence-electron chi connectivity index (χ1n) is 8.49. The predicted octanol–water partition coefficient (Wildman–Crippen LogP) is 2.28. The number of rotatable bonds is 6. The fourth-order valence-electron chi connectivity index (χ4n) is 2.60. The van der Waals surface area contributed by atoms with Gasteiger partial charge in [0.25, 0.3) is 0 Å². The van der Waals surface area contributed by atoms with Crippen molar-refractivity contribution in [1.82, 2.24) is 4.90 Å². The van der Waals surface area contributed by atoms with Gasteiger partial charge in [-0.15, -0.1) is 24.0 Å².